The van der Waals surface area contributed by atoms with Crippen LogP contribution in [0.15, 0.2) is 48.5 Å². The van der Waals surface area contributed by atoms with Crippen molar-refractivity contribution in [3.63, 3.8) is 0 Å². The van der Waals surface area contributed by atoms with E-state index in [-0.39, 0.29) is 17.6 Å². The van der Waals surface area contributed by atoms with Crippen LogP contribution in [0.5, 0.6) is 0 Å². The summed E-state index contributed by atoms with van der Waals surface area (Å²) >= 11 is 0. The van der Waals surface area contributed by atoms with Crippen molar-refractivity contribution in [1.29, 1.82) is 0 Å². The van der Waals surface area contributed by atoms with Gasteiger partial charge in [0.1, 0.15) is 5.82 Å². The lowest BCUT2D eigenvalue weighted by molar-refractivity contribution is -0.114. The predicted molar refractivity (Wildman–Crippen MR) is 107 cm³/mol. The molecule has 0 saturated carbocycles. The lowest BCUT2D eigenvalue weighted by Gasteiger charge is -2.07. The number of halogens is 1. The molecule has 0 atom stereocenters. The molecule has 1 aliphatic carbocycles. The Labute approximate surface area is 167 Å². The second-order valence-corrected chi connectivity index (χ2v) is 7.08. The zero-order valence-corrected chi connectivity index (χ0v) is 16.0. The van der Waals surface area contributed by atoms with Gasteiger partial charge in [-0.1, -0.05) is 12.1 Å². The molecule has 2 N–H and O–H groups in total. The minimum absolute atomic E-state index is 0.145. The van der Waals surface area contributed by atoms with Gasteiger partial charge in [-0.15, -0.1) is 0 Å². The van der Waals surface area contributed by atoms with Gasteiger partial charge in [0.15, 0.2) is 5.69 Å². The molecule has 148 valence electrons. The first kappa shape index (κ1) is 18.9. The number of amides is 2. The van der Waals surface area contributed by atoms with Gasteiger partial charge >= 0.3 is 0 Å². The number of carbonyl (C=O) groups excluding carboxylic acids is 2. The Morgan fingerprint density at radius 1 is 1.14 bits per heavy atom. The highest BCUT2D eigenvalue weighted by molar-refractivity contribution is 5.94. The summed E-state index contributed by atoms with van der Waals surface area (Å²) < 4.78 is 15.0. The summed E-state index contributed by atoms with van der Waals surface area (Å²) in [5.74, 6) is -0.695. The van der Waals surface area contributed by atoms with Crippen LogP contribution in [0, 0.1) is 5.82 Å². The second kappa shape index (κ2) is 7.87. The molecule has 3 aromatic rings. The number of anilines is 1. The van der Waals surface area contributed by atoms with Crippen molar-refractivity contribution < 1.29 is 14.0 Å². The van der Waals surface area contributed by atoms with E-state index in [0.29, 0.717) is 17.9 Å². The molecule has 0 radical (unpaired) electrons. The van der Waals surface area contributed by atoms with Crippen molar-refractivity contribution in [2.45, 2.75) is 32.7 Å². The van der Waals surface area contributed by atoms with Gasteiger partial charge < -0.3 is 10.6 Å². The van der Waals surface area contributed by atoms with Crippen molar-refractivity contribution in [3.8, 4) is 5.69 Å². The minimum Gasteiger partial charge on any atom is -0.347 e. The minimum atomic E-state index is -0.308. The number of fused-ring (bicyclic) bond motifs is 1. The van der Waals surface area contributed by atoms with Gasteiger partial charge in [-0.25, -0.2) is 9.07 Å². The average molecular weight is 392 g/mol. The number of hydrogen-bond donors (Lipinski definition) is 2. The highest BCUT2D eigenvalue weighted by Crippen LogP contribution is 2.28. The molecule has 4 rings (SSSR count). The Balaban J connectivity index is 1.53. The molecule has 29 heavy (non-hydrogen) atoms. The van der Waals surface area contributed by atoms with E-state index in [1.165, 1.54) is 19.1 Å². The maximum atomic E-state index is 13.3. The summed E-state index contributed by atoms with van der Waals surface area (Å²) in [5.41, 5.74) is 4.68. The summed E-state index contributed by atoms with van der Waals surface area (Å²) in [4.78, 5) is 24.0. The fraction of sp³-hybridized carbons (Fsp3) is 0.227. The summed E-state index contributed by atoms with van der Waals surface area (Å²) in [5, 5.41) is 10.2. The van der Waals surface area contributed by atoms with Crippen molar-refractivity contribution in [2.24, 2.45) is 0 Å². The Bertz CT molecular complexity index is 1070. The Kier molecular flexibility index (Phi) is 5.12. The van der Waals surface area contributed by atoms with E-state index >= 15 is 0 Å². The van der Waals surface area contributed by atoms with Crippen LogP contribution in [-0.4, -0.2) is 21.6 Å². The molecule has 0 fully saturated rings. The van der Waals surface area contributed by atoms with Crippen molar-refractivity contribution >= 4 is 17.5 Å². The molecule has 0 unspecified atom stereocenters. The molecule has 0 spiro atoms. The largest absolute Gasteiger partial charge is 0.347 e. The van der Waals surface area contributed by atoms with Crippen molar-refractivity contribution in [1.82, 2.24) is 15.1 Å². The van der Waals surface area contributed by atoms with Crippen LogP contribution in [0.25, 0.3) is 5.69 Å². The number of hydrogen-bond acceptors (Lipinski definition) is 3. The van der Waals surface area contributed by atoms with Gasteiger partial charge in [-0.3, -0.25) is 9.59 Å². The first-order valence-electron chi connectivity index (χ1n) is 9.52. The second-order valence-electron chi connectivity index (χ2n) is 7.08. The number of carbonyl (C=O) groups is 2. The van der Waals surface area contributed by atoms with E-state index in [1.54, 1.807) is 22.9 Å². The van der Waals surface area contributed by atoms with Crippen LogP contribution in [0.3, 0.4) is 0 Å². The van der Waals surface area contributed by atoms with E-state index in [4.69, 9.17) is 0 Å². The summed E-state index contributed by atoms with van der Waals surface area (Å²) in [6, 6.07) is 13.4. The molecule has 6 nitrogen and oxygen atoms in total. The Morgan fingerprint density at radius 2 is 1.93 bits per heavy atom. The summed E-state index contributed by atoms with van der Waals surface area (Å²) in [7, 11) is 0. The third-order valence-electron chi connectivity index (χ3n) is 4.92. The molecule has 2 amide bonds. The smallest absolute Gasteiger partial charge is 0.272 e. The average Bonchev–Trinajstić information content (AvgIpc) is 3.29. The van der Waals surface area contributed by atoms with Gasteiger partial charge in [0, 0.05) is 30.4 Å². The zero-order valence-electron chi connectivity index (χ0n) is 16.0. The maximum Gasteiger partial charge on any atom is 0.272 e. The van der Waals surface area contributed by atoms with Gasteiger partial charge in [-0.05, 0) is 61.2 Å². The normalized spacial score (nSPS) is 12.5. The third kappa shape index (κ3) is 4.03. The van der Waals surface area contributed by atoms with Crippen LogP contribution in [0.2, 0.25) is 0 Å². The molecular weight excluding hydrogens is 371 g/mol. The SMILES string of the molecule is CC(=O)Nc1cccc(CNC(=O)c2nn(-c3ccc(F)cc3)c3c2CCC3)c1. The number of benzene rings is 2. The predicted octanol–water partition coefficient (Wildman–Crippen LogP) is 3.39. The summed E-state index contributed by atoms with van der Waals surface area (Å²) in [6.07, 6.45) is 2.61. The quantitative estimate of drug-likeness (QED) is 0.699. The van der Waals surface area contributed by atoms with E-state index < -0.39 is 0 Å². The standard InChI is InChI=1S/C22H21FN4O2/c1-14(28)25-17-5-2-4-15(12-17)13-24-22(29)21-19-6-3-7-20(19)27(26-21)18-10-8-16(23)9-11-18/h2,4-5,8-12H,3,6-7,13H2,1H3,(H,24,29)(H,25,28). The molecule has 0 aliphatic heterocycles. The number of aromatic nitrogens is 2. The van der Waals surface area contributed by atoms with Crippen LogP contribution >= 0.6 is 0 Å². The highest BCUT2D eigenvalue weighted by atomic mass is 19.1. The van der Waals surface area contributed by atoms with Crippen LogP contribution in [0.1, 0.15) is 40.7 Å². The van der Waals surface area contributed by atoms with Crippen molar-refractivity contribution in [3.05, 3.63) is 76.9 Å². The fourth-order valence-corrected chi connectivity index (χ4v) is 3.64. The molecule has 0 bridgehead atoms. The highest BCUT2D eigenvalue weighted by Gasteiger charge is 2.26. The van der Waals surface area contributed by atoms with E-state index in [1.807, 2.05) is 18.2 Å². The van der Waals surface area contributed by atoms with Gasteiger partial charge in [0.25, 0.3) is 5.91 Å². The first-order chi connectivity index (χ1) is 14.0. The first-order valence-corrected chi connectivity index (χ1v) is 9.52. The number of nitrogens with zero attached hydrogens (tertiary/aromatic N) is 2. The van der Waals surface area contributed by atoms with Gasteiger partial charge in [-0.2, -0.15) is 5.10 Å². The molecule has 0 saturated heterocycles. The third-order valence-corrected chi connectivity index (χ3v) is 4.92. The maximum absolute atomic E-state index is 13.3. The Hall–Kier alpha value is -3.48. The van der Waals surface area contributed by atoms with E-state index in [2.05, 4.69) is 15.7 Å². The molecular formula is C22H21FN4O2. The molecule has 1 heterocycles. The van der Waals surface area contributed by atoms with Gasteiger partial charge in [0.05, 0.1) is 5.69 Å². The molecule has 1 aliphatic rings. The van der Waals surface area contributed by atoms with E-state index in [9.17, 15) is 14.0 Å². The lowest BCUT2D eigenvalue weighted by Crippen LogP contribution is -2.24. The number of rotatable bonds is 5. The van der Waals surface area contributed by atoms with Crippen LogP contribution in [0.4, 0.5) is 10.1 Å². The summed E-state index contributed by atoms with van der Waals surface area (Å²) in [6.45, 7) is 1.77. The van der Waals surface area contributed by atoms with Crippen LogP contribution in [-0.2, 0) is 24.2 Å². The lowest BCUT2D eigenvalue weighted by atomic mass is 10.1. The molecule has 7 heteroatoms. The number of nitrogens with one attached hydrogen (secondary N) is 2. The molecule has 2 aromatic carbocycles. The molecule has 1 aromatic heterocycles. The Morgan fingerprint density at radius 3 is 2.69 bits per heavy atom. The topological polar surface area (TPSA) is 76.0 Å². The van der Waals surface area contributed by atoms with E-state index in [0.717, 1.165) is 41.8 Å². The fourth-order valence-electron chi connectivity index (χ4n) is 3.64. The van der Waals surface area contributed by atoms with Gasteiger partial charge in [0.2, 0.25) is 5.91 Å². The van der Waals surface area contributed by atoms with Crippen LogP contribution < -0.4 is 10.6 Å². The zero-order chi connectivity index (χ0) is 20.4. The van der Waals surface area contributed by atoms with Crippen molar-refractivity contribution in [2.75, 3.05) is 5.32 Å². The monoisotopic (exact) mass is 392 g/mol.